The molecule has 10 nitrogen and oxygen atoms in total. The summed E-state index contributed by atoms with van der Waals surface area (Å²) >= 11 is 1.75. The molecule has 1 aromatic carbocycles. The minimum atomic E-state index is -0.161. The number of anilines is 3. The lowest BCUT2D eigenvalue weighted by Crippen LogP contribution is -2.55. The molecule has 1 aromatic heterocycles. The number of ether oxygens (including phenoxy) is 1. The number of rotatable bonds is 7. The Labute approximate surface area is 305 Å². The molecular formula is C38H72N8O2S. The number of aliphatic imine (C=N–C) groups is 1. The molecule has 4 heterocycles. The van der Waals surface area contributed by atoms with Gasteiger partial charge in [-0.3, -0.25) is 0 Å². The standard InChI is InChI=1S/C16H23N5O.C15H25N3.C3H8.C2H6S.C2H6.H2O.H2/c1-5-13(17)20-10-21-12-6-15(2,3)22-8-16(12,4)11-7-18-9-19-14(11)21;1-5-12-10-18(11-15(12)17(3)4)14-8-6-13(16-2)7-9-14;2*1-3-2;1-2;;/h5,7,9,12H,1,6,8,10H2,2-4H3,(H2,17,20);6-9,12,15-16H,5,10-11H2,1-4H3;3H2,1-2H3;1-2H3;1-2H3;1H2;1H/t12-,16-;12-,15+;;;;;/m10...../s1. The van der Waals surface area contributed by atoms with E-state index in [2.05, 4.69) is 121 Å². The molecule has 0 bridgehead atoms. The molecule has 4 atom stereocenters. The molecule has 11 heteroatoms. The van der Waals surface area contributed by atoms with Gasteiger partial charge in [0.05, 0.1) is 12.2 Å². The molecule has 3 aliphatic rings. The number of nitrogens with two attached hydrogens (primary N) is 1. The maximum Gasteiger partial charge on any atom is 0.137 e. The highest BCUT2D eigenvalue weighted by atomic mass is 32.2. The molecule has 49 heavy (non-hydrogen) atoms. The third-order valence-electron chi connectivity index (χ3n) is 8.87. The molecule has 0 radical (unpaired) electrons. The maximum absolute atomic E-state index is 6.08. The average Bonchev–Trinajstić information content (AvgIpc) is 3.63. The van der Waals surface area contributed by atoms with Gasteiger partial charge < -0.3 is 36.0 Å². The molecule has 2 saturated heterocycles. The van der Waals surface area contributed by atoms with Gasteiger partial charge >= 0.3 is 0 Å². The van der Waals surface area contributed by atoms with Crippen molar-refractivity contribution in [3.8, 4) is 0 Å². The number of nitrogens with one attached hydrogen (secondary N) is 1. The van der Waals surface area contributed by atoms with Crippen molar-refractivity contribution in [3.05, 3.63) is 55.0 Å². The number of thioether (sulfide) groups is 1. The zero-order chi connectivity index (χ0) is 36.5. The Morgan fingerprint density at radius 3 is 2.24 bits per heavy atom. The van der Waals surface area contributed by atoms with Crippen LogP contribution in [0.5, 0.6) is 0 Å². The van der Waals surface area contributed by atoms with Crippen molar-refractivity contribution in [2.75, 3.05) is 75.1 Å². The molecule has 0 unspecified atom stereocenters. The Bertz CT molecular complexity index is 1230. The first-order chi connectivity index (χ1) is 22.9. The lowest BCUT2D eigenvalue weighted by Gasteiger charge is -2.46. The van der Waals surface area contributed by atoms with Gasteiger partial charge in [0.1, 0.15) is 24.6 Å². The van der Waals surface area contributed by atoms with Crippen molar-refractivity contribution < 1.29 is 11.6 Å². The number of likely N-dealkylation sites (N-methyl/N-ethyl adjacent to an activating group) is 1. The van der Waals surface area contributed by atoms with Crippen LogP contribution in [0.2, 0.25) is 0 Å². The van der Waals surface area contributed by atoms with Crippen molar-refractivity contribution in [2.24, 2.45) is 16.6 Å². The number of nitrogens with zero attached hydrogens (tertiary/aromatic N) is 6. The topological polar surface area (TPSA) is 127 Å². The third-order valence-corrected chi connectivity index (χ3v) is 8.87. The Morgan fingerprint density at radius 1 is 1.16 bits per heavy atom. The van der Waals surface area contributed by atoms with E-state index in [1.54, 1.807) is 24.2 Å². The fourth-order valence-corrected chi connectivity index (χ4v) is 6.28. The minimum absolute atomic E-state index is 0. The van der Waals surface area contributed by atoms with Crippen molar-refractivity contribution in [1.82, 2.24) is 14.9 Å². The van der Waals surface area contributed by atoms with Crippen LogP contribution in [-0.4, -0.2) is 104 Å². The summed E-state index contributed by atoms with van der Waals surface area (Å²) in [6.45, 7) is 24.1. The Balaban J connectivity index is 0. The van der Waals surface area contributed by atoms with E-state index in [9.17, 15) is 0 Å². The average molecular weight is 705 g/mol. The van der Waals surface area contributed by atoms with E-state index in [4.69, 9.17) is 10.5 Å². The SMILES string of the molecule is C=C/C(N)=N\CN1c2ncncc2[C@@]2(C)COC(C)(C)C[C@@H]12.CC.CCC.CC[C@H]1CN(c2ccc(NC)cc2)C[C@H]1N(C)C.CSC.O.[HH]. The Hall–Kier alpha value is -2.86. The highest BCUT2D eigenvalue weighted by Gasteiger charge is 2.54. The van der Waals surface area contributed by atoms with Gasteiger partial charge in [-0.05, 0) is 83.1 Å². The largest absolute Gasteiger partial charge is 0.412 e. The molecule has 0 spiro atoms. The van der Waals surface area contributed by atoms with Crippen molar-refractivity contribution >= 4 is 34.8 Å². The third kappa shape index (κ3) is 12.8. The number of fused-ring (bicyclic) bond motifs is 3. The van der Waals surface area contributed by atoms with Crippen LogP contribution in [0.1, 0.15) is 81.6 Å². The first kappa shape index (κ1) is 46.1. The van der Waals surface area contributed by atoms with Crippen LogP contribution in [0.4, 0.5) is 17.2 Å². The van der Waals surface area contributed by atoms with Crippen LogP contribution in [0.25, 0.3) is 0 Å². The molecule has 0 aliphatic carbocycles. The molecule has 0 saturated carbocycles. The van der Waals surface area contributed by atoms with E-state index < -0.39 is 0 Å². The van der Waals surface area contributed by atoms with Crippen LogP contribution in [0.3, 0.4) is 0 Å². The predicted octanol–water partition coefficient (Wildman–Crippen LogP) is 6.97. The highest BCUT2D eigenvalue weighted by molar-refractivity contribution is 7.97. The van der Waals surface area contributed by atoms with Gasteiger partial charge in [-0.2, -0.15) is 11.8 Å². The van der Waals surface area contributed by atoms with Crippen molar-refractivity contribution in [1.29, 1.82) is 0 Å². The van der Waals surface area contributed by atoms with Crippen LogP contribution in [-0.2, 0) is 10.2 Å². The summed E-state index contributed by atoms with van der Waals surface area (Å²) in [4.78, 5) is 20.2. The van der Waals surface area contributed by atoms with Crippen LogP contribution in [0.15, 0.2) is 54.4 Å². The lowest BCUT2D eigenvalue weighted by atomic mass is 9.74. The summed E-state index contributed by atoms with van der Waals surface area (Å²) in [5.74, 6) is 2.16. The molecule has 282 valence electrons. The summed E-state index contributed by atoms with van der Waals surface area (Å²) < 4.78 is 6.08. The minimum Gasteiger partial charge on any atom is -0.412 e. The number of benzene rings is 1. The highest BCUT2D eigenvalue weighted by Crippen LogP contribution is 2.49. The smallest absolute Gasteiger partial charge is 0.137 e. The first-order valence-corrected chi connectivity index (χ1v) is 19.2. The molecule has 3 aliphatic heterocycles. The zero-order valence-electron chi connectivity index (χ0n) is 33.0. The molecule has 2 fully saturated rings. The molecule has 5 N–H and O–H groups in total. The second kappa shape index (κ2) is 22.8. The van der Waals surface area contributed by atoms with Gasteiger partial charge in [0, 0.05) is 62.2 Å². The van der Waals surface area contributed by atoms with Crippen molar-refractivity contribution in [2.45, 2.75) is 97.8 Å². The molecule has 0 amide bonds. The van der Waals surface area contributed by atoms with E-state index in [0.29, 0.717) is 25.2 Å². The number of aromatic nitrogens is 2. The number of amidine groups is 1. The van der Waals surface area contributed by atoms with Crippen LogP contribution >= 0.6 is 11.8 Å². The van der Waals surface area contributed by atoms with Gasteiger partial charge in [0.15, 0.2) is 0 Å². The lowest BCUT2D eigenvalue weighted by molar-refractivity contribution is -0.0903. The van der Waals surface area contributed by atoms with Gasteiger partial charge in [0.2, 0.25) is 0 Å². The number of hydrogen-bond acceptors (Lipinski definition) is 9. The summed E-state index contributed by atoms with van der Waals surface area (Å²) in [5.41, 5.74) is 9.14. The summed E-state index contributed by atoms with van der Waals surface area (Å²) in [6, 6.07) is 9.69. The summed E-state index contributed by atoms with van der Waals surface area (Å²) in [7, 11) is 6.35. The van der Waals surface area contributed by atoms with Crippen LogP contribution in [0, 0.1) is 5.92 Å². The van der Waals surface area contributed by atoms with Gasteiger partial charge in [-0.15, -0.1) is 0 Å². The monoisotopic (exact) mass is 705 g/mol. The Kier molecular flexibility index (Phi) is 21.4. The maximum atomic E-state index is 6.08. The van der Waals surface area contributed by atoms with Gasteiger partial charge in [-0.1, -0.05) is 61.0 Å². The fraction of sp³-hybridized carbons (Fsp3) is 0.658. The fourth-order valence-electron chi connectivity index (χ4n) is 6.28. The molecule has 5 rings (SSSR count). The second-order valence-electron chi connectivity index (χ2n) is 13.4. The predicted molar refractivity (Wildman–Crippen MR) is 219 cm³/mol. The zero-order valence-corrected chi connectivity index (χ0v) is 33.8. The number of hydrogen-bond donors (Lipinski definition) is 2. The quantitative estimate of drug-likeness (QED) is 0.232. The van der Waals surface area contributed by atoms with E-state index in [1.807, 2.05) is 39.6 Å². The van der Waals surface area contributed by atoms with E-state index in [1.165, 1.54) is 30.8 Å². The normalized spacial score (nSPS) is 23.0. The van der Waals surface area contributed by atoms with Gasteiger partial charge in [0.25, 0.3) is 0 Å². The molecule has 2 aromatic rings. The summed E-state index contributed by atoms with van der Waals surface area (Å²) in [6.07, 6.45) is 12.5. The Morgan fingerprint density at radius 2 is 1.76 bits per heavy atom. The van der Waals surface area contributed by atoms with Crippen molar-refractivity contribution in [3.63, 3.8) is 0 Å². The second-order valence-corrected chi connectivity index (χ2v) is 14.2. The first-order valence-electron chi connectivity index (χ1n) is 17.6. The molecular weight excluding hydrogens is 633 g/mol. The summed E-state index contributed by atoms with van der Waals surface area (Å²) in [5, 5.41) is 3.16. The van der Waals surface area contributed by atoms with Gasteiger partial charge in [-0.25, -0.2) is 15.0 Å². The van der Waals surface area contributed by atoms with E-state index in [0.717, 1.165) is 30.3 Å². The van der Waals surface area contributed by atoms with Crippen LogP contribution < -0.4 is 20.9 Å². The van der Waals surface area contributed by atoms with E-state index >= 15 is 0 Å². The van der Waals surface area contributed by atoms with E-state index in [-0.39, 0.29) is 24.0 Å².